The first-order valence-corrected chi connectivity index (χ1v) is 7.10. The summed E-state index contributed by atoms with van der Waals surface area (Å²) in [4.78, 5) is 22.9. The van der Waals surface area contributed by atoms with Crippen LogP contribution in [0.4, 0.5) is 0 Å². The van der Waals surface area contributed by atoms with Crippen molar-refractivity contribution in [2.75, 3.05) is 13.2 Å². The van der Waals surface area contributed by atoms with Crippen LogP contribution < -0.4 is 5.32 Å². The van der Waals surface area contributed by atoms with Crippen molar-refractivity contribution in [3.05, 3.63) is 33.3 Å². The third-order valence-electron chi connectivity index (χ3n) is 2.32. The summed E-state index contributed by atoms with van der Waals surface area (Å²) in [5, 5.41) is 3.30. The number of rotatable bonds is 6. The average Bonchev–Trinajstić information content (AvgIpc) is 2.34. The van der Waals surface area contributed by atoms with Gasteiger partial charge in [-0.1, -0.05) is 11.6 Å². The highest BCUT2D eigenvalue weighted by Crippen LogP contribution is 2.21. The van der Waals surface area contributed by atoms with Crippen LogP contribution in [-0.2, 0) is 9.53 Å². The van der Waals surface area contributed by atoms with E-state index in [9.17, 15) is 9.59 Å². The van der Waals surface area contributed by atoms with Gasteiger partial charge < -0.3 is 10.1 Å². The predicted molar refractivity (Wildman–Crippen MR) is 77.4 cm³/mol. The van der Waals surface area contributed by atoms with Gasteiger partial charge in [0.1, 0.15) is 0 Å². The second-order valence-corrected chi connectivity index (χ2v) is 5.08. The maximum absolute atomic E-state index is 11.8. The van der Waals surface area contributed by atoms with Crippen LogP contribution in [0.5, 0.6) is 0 Å². The van der Waals surface area contributed by atoms with Crippen molar-refractivity contribution in [1.82, 2.24) is 5.32 Å². The van der Waals surface area contributed by atoms with E-state index in [4.69, 9.17) is 16.3 Å². The molecule has 0 aliphatic rings. The van der Waals surface area contributed by atoms with Crippen molar-refractivity contribution in [1.29, 1.82) is 0 Å². The Morgan fingerprint density at radius 1 is 1.42 bits per heavy atom. The van der Waals surface area contributed by atoms with Gasteiger partial charge in [-0.2, -0.15) is 0 Å². The summed E-state index contributed by atoms with van der Waals surface area (Å²) >= 11 is 9.08. The minimum Gasteiger partial charge on any atom is -0.466 e. The monoisotopic (exact) mass is 347 g/mol. The number of carbonyl (C=O) groups is 2. The highest BCUT2D eigenvalue weighted by Gasteiger charge is 2.10. The lowest BCUT2D eigenvalue weighted by molar-refractivity contribution is -0.143. The molecule has 0 radical (unpaired) electrons. The van der Waals surface area contributed by atoms with Crippen molar-refractivity contribution < 1.29 is 14.3 Å². The molecule has 4 nitrogen and oxygen atoms in total. The number of hydrogen-bond donors (Lipinski definition) is 1. The zero-order valence-corrected chi connectivity index (χ0v) is 12.9. The molecule has 6 heteroatoms. The molecular formula is C13H15BrClNO3. The SMILES string of the molecule is CCOC(=O)CCCNC(=O)c1ccc(Cl)cc1Br. The van der Waals surface area contributed by atoms with Gasteiger partial charge >= 0.3 is 5.97 Å². The number of nitrogens with one attached hydrogen (secondary N) is 1. The normalized spacial score (nSPS) is 10.1. The van der Waals surface area contributed by atoms with E-state index < -0.39 is 0 Å². The van der Waals surface area contributed by atoms with Crippen LogP contribution in [0.2, 0.25) is 5.02 Å². The summed E-state index contributed by atoms with van der Waals surface area (Å²) in [6, 6.07) is 4.96. The van der Waals surface area contributed by atoms with E-state index in [2.05, 4.69) is 21.2 Å². The second kappa shape index (κ2) is 8.17. The van der Waals surface area contributed by atoms with E-state index in [1.54, 1.807) is 25.1 Å². The fourth-order valence-corrected chi connectivity index (χ4v) is 2.30. The Balaban J connectivity index is 2.37. The number of hydrogen-bond acceptors (Lipinski definition) is 3. The standard InChI is InChI=1S/C13H15BrClNO3/c1-2-19-12(17)4-3-7-16-13(18)10-6-5-9(15)8-11(10)14/h5-6,8H,2-4,7H2,1H3,(H,16,18). The summed E-state index contributed by atoms with van der Waals surface area (Å²) in [7, 11) is 0. The van der Waals surface area contributed by atoms with E-state index in [1.165, 1.54) is 0 Å². The van der Waals surface area contributed by atoms with Crippen LogP contribution in [0, 0.1) is 0 Å². The third-order valence-corrected chi connectivity index (χ3v) is 3.22. The Morgan fingerprint density at radius 2 is 2.16 bits per heavy atom. The van der Waals surface area contributed by atoms with Crippen LogP contribution in [0.1, 0.15) is 30.1 Å². The maximum atomic E-state index is 11.8. The van der Waals surface area contributed by atoms with Gasteiger partial charge in [-0.25, -0.2) is 0 Å². The van der Waals surface area contributed by atoms with E-state index in [1.807, 2.05) is 0 Å². The first-order valence-electron chi connectivity index (χ1n) is 5.93. The second-order valence-electron chi connectivity index (χ2n) is 3.79. The van der Waals surface area contributed by atoms with Crippen molar-refractivity contribution in [2.24, 2.45) is 0 Å². The molecule has 1 aromatic carbocycles. The molecule has 0 unspecified atom stereocenters. The van der Waals surface area contributed by atoms with Crippen LogP contribution in [0.3, 0.4) is 0 Å². The summed E-state index contributed by atoms with van der Waals surface area (Å²) in [6.07, 6.45) is 0.853. The lowest BCUT2D eigenvalue weighted by atomic mass is 10.2. The van der Waals surface area contributed by atoms with Crippen LogP contribution in [0.25, 0.3) is 0 Å². The Labute approximate surface area is 125 Å². The third kappa shape index (κ3) is 5.61. The molecule has 0 aromatic heterocycles. The minimum atomic E-state index is -0.246. The largest absolute Gasteiger partial charge is 0.466 e. The van der Waals surface area contributed by atoms with Crippen LogP contribution in [-0.4, -0.2) is 25.0 Å². The highest BCUT2D eigenvalue weighted by atomic mass is 79.9. The molecule has 1 rings (SSSR count). The molecule has 104 valence electrons. The number of ether oxygens (including phenoxy) is 1. The van der Waals surface area contributed by atoms with Crippen LogP contribution >= 0.6 is 27.5 Å². The van der Waals surface area contributed by atoms with Gasteiger partial charge in [0.25, 0.3) is 5.91 Å². The zero-order chi connectivity index (χ0) is 14.3. The summed E-state index contributed by atoms with van der Waals surface area (Å²) in [5.74, 6) is -0.447. The van der Waals surface area contributed by atoms with Crippen molar-refractivity contribution in [3.8, 4) is 0 Å². The lowest BCUT2D eigenvalue weighted by Gasteiger charge is -2.07. The molecule has 0 fully saturated rings. The van der Waals surface area contributed by atoms with Gasteiger partial charge in [-0.3, -0.25) is 9.59 Å². The first-order chi connectivity index (χ1) is 9.04. The van der Waals surface area contributed by atoms with Gasteiger partial charge in [-0.15, -0.1) is 0 Å². The molecule has 0 aliphatic carbocycles. The highest BCUT2D eigenvalue weighted by molar-refractivity contribution is 9.10. The van der Waals surface area contributed by atoms with Gasteiger partial charge in [0, 0.05) is 22.5 Å². The summed E-state index contributed by atoms with van der Waals surface area (Å²) in [6.45, 7) is 2.56. The smallest absolute Gasteiger partial charge is 0.305 e. The molecule has 0 heterocycles. The molecule has 0 saturated heterocycles. The van der Waals surface area contributed by atoms with Crippen LogP contribution in [0.15, 0.2) is 22.7 Å². The Hall–Kier alpha value is -1.07. The predicted octanol–water partition coefficient (Wildman–Crippen LogP) is 3.18. The van der Waals surface area contributed by atoms with Crippen molar-refractivity contribution in [2.45, 2.75) is 19.8 Å². The molecule has 0 atom stereocenters. The number of esters is 1. The van der Waals surface area contributed by atoms with Gasteiger partial charge in [0.15, 0.2) is 0 Å². The van der Waals surface area contributed by atoms with E-state index in [0.29, 0.717) is 41.1 Å². The Bertz CT molecular complexity index is 465. The number of benzene rings is 1. The lowest BCUT2D eigenvalue weighted by Crippen LogP contribution is -2.25. The number of amides is 1. The molecule has 0 bridgehead atoms. The average molecular weight is 349 g/mol. The number of halogens is 2. The zero-order valence-electron chi connectivity index (χ0n) is 10.5. The molecule has 1 N–H and O–H groups in total. The minimum absolute atomic E-state index is 0.201. The van der Waals surface area contributed by atoms with E-state index >= 15 is 0 Å². The van der Waals surface area contributed by atoms with E-state index in [-0.39, 0.29) is 11.9 Å². The number of carbonyl (C=O) groups excluding carboxylic acids is 2. The summed E-state index contributed by atoms with van der Waals surface area (Å²) in [5.41, 5.74) is 0.514. The molecule has 19 heavy (non-hydrogen) atoms. The van der Waals surface area contributed by atoms with Gasteiger partial charge in [0.2, 0.25) is 0 Å². The first kappa shape index (κ1) is 16.0. The summed E-state index contributed by atoms with van der Waals surface area (Å²) < 4.78 is 5.43. The van der Waals surface area contributed by atoms with Crippen molar-refractivity contribution in [3.63, 3.8) is 0 Å². The molecule has 1 aromatic rings. The molecule has 0 saturated carbocycles. The maximum Gasteiger partial charge on any atom is 0.305 e. The fraction of sp³-hybridized carbons (Fsp3) is 0.385. The quantitative estimate of drug-likeness (QED) is 0.634. The molecular weight excluding hydrogens is 334 g/mol. The van der Waals surface area contributed by atoms with Gasteiger partial charge in [-0.05, 0) is 47.5 Å². The molecule has 0 aliphatic heterocycles. The topological polar surface area (TPSA) is 55.4 Å². The van der Waals surface area contributed by atoms with Gasteiger partial charge in [0.05, 0.1) is 12.2 Å². The Morgan fingerprint density at radius 3 is 2.79 bits per heavy atom. The molecule has 0 spiro atoms. The Kier molecular flexibility index (Phi) is 6.87. The molecule has 1 amide bonds. The fourth-order valence-electron chi connectivity index (χ4n) is 1.44. The van der Waals surface area contributed by atoms with E-state index in [0.717, 1.165) is 0 Å². The van der Waals surface area contributed by atoms with Crippen molar-refractivity contribution >= 4 is 39.4 Å².